The van der Waals surface area contributed by atoms with E-state index in [0.29, 0.717) is 17.5 Å². The van der Waals surface area contributed by atoms with Gasteiger partial charge in [0.15, 0.2) is 5.78 Å². The van der Waals surface area contributed by atoms with Crippen LogP contribution in [0, 0.1) is 0 Å². The molecule has 0 saturated heterocycles. The maximum Gasteiger partial charge on any atom is 0.167 e. The van der Waals surface area contributed by atoms with Gasteiger partial charge in [0, 0.05) is 12.0 Å². The summed E-state index contributed by atoms with van der Waals surface area (Å²) in [4.78, 5) is 11.4. The van der Waals surface area contributed by atoms with Crippen LogP contribution in [0.25, 0.3) is 0 Å². The molecular weight excluding hydrogens is 168 g/mol. The summed E-state index contributed by atoms with van der Waals surface area (Å²) in [6.07, 6.45) is 0.375. The summed E-state index contributed by atoms with van der Waals surface area (Å²) in [5, 5.41) is 18.9. The van der Waals surface area contributed by atoms with Gasteiger partial charge in [-0.2, -0.15) is 0 Å². The van der Waals surface area contributed by atoms with Crippen molar-refractivity contribution in [3.05, 3.63) is 23.3 Å². The number of ketones is 1. The van der Waals surface area contributed by atoms with E-state index in [1.165, 1.54) is 12.1 Å². The van der Waals surface area contributed by atoms with Crippen molar-refractivity contribution in [2.75, 3.05) is 0 Å². The lowest BCUT2D eigenvalue weighted by Crippen LogP contribution is -1.91. The lowest BCUT2D eigenvalue weighted by Gasteiger charge is -2.06. The molecule has 0 saturated carbocycles. The average Bonchev–Trinajstić information content (AvgIpc) is 2.36. The molecule has 13 heavy (non-hydrogen) atoms. The molecule has 0 spiro atoms. The van der Waals surface area contributed by atoms with Crippen molar-refractivity contribution in [1.82, 2.24) is 0 Å². The van der Waals surface area contributed by atoms with Gasteiger partial charge in [0.25, 0.3) is 0 Å². The normalized spacial score (nSPS) is 20.4. The Balaban J connectivity index is 2.74. The van der Waals surface area contributed by atoms with Crippen molar-refractivity contribution in [3.63, 3.8) is 0 Å². The van der Waals surface area contributed by atoms with E-state index in [1.807, 2.05) is 6.92 Å². The van der Waals surface area contributed by atoms with Gasteiger partial charge in [0.05, 0.1) is 5.56 Å². The highest BCUT2D eigenvalue weighted by molar-refractivity contribution is 6.04. The number of aromatic hydroxyl groups is 2. The van der Waals surface area contributed by atoms with Crippen LogP contribution >= 0.6 is 0 Å². The number of carbonyl (C=O) groups is 1. The van der Waals surface area contributed by atoms with E-state index in [9.17, 15) is 15.0 Å². The van der Waals surface area contributed by atoms with E-state index in [0.717, 1.165) is 0 Å². The zero-order valence-corrected chi connectivity index (χ0v) is 7.24. The number of phenolic OH excluding ortho intramolecular Hbond substituents is 2. The van der Waals surface area contributed by atoms with Crippen molar-refractivity contribution >= 4 is 5.78 Å². The maximum absolute atomic E-state index is 11.4. The molecule has 1 aromatic rings. The molecule has 3 nitrogen and oxygen atoms in total. The molecular formula is C10H10O3. The molecule has 0 aliphatic heterocycles. The van der Waals surface area contributed by atoms with E-state index in [1.54, 1.807) is 0 Å². The number of rotatable bonds is 0. The van der Waals surface area contributed by atoms with Crippen LogP contribution in [0.3, 0.4) is 0 Å². The summed E-state index contributed by atoms with van der Waals surface area (Å²) in [5.74, 6) is -0.00111. The largest absolute Gasteiger partial charge is 0.508 e. The van der Waals surface area contributed by atoms with Crippen LogP contribution in [-0.2, 0) is 0 Å². The van der Waals surface area contributed by atoms with Crippen molar-refractivity contribution in [1.29, 1.82) is 0 Å². The second-order valence-electron chi connectivity index (χ2n) is 3.42. The summed E-state index contributed by atoms with van der Waals surface area (Å²) in [7, 11) is 0. The van der Waals surface area contributed by atoms with Gasteiger partial charge in [-0.05, 0) is 18.1 Å². The van der Waals surface area contributed by atoms with E-state index in [2.05, 4.69) is 0 Å². The number of carbonyl (C=O) groups excluding carboxylic acids is 1. The molecule has 0 fully saturated rings. The number of phenols is 2. The Bertz CT molecular complexity index is 382. The molecule has 0 aromatic heterocycles. The SMILES string of the molecule is C[C@@H]1CC(=O)c2c(O)ccc(O)c21. The van der Waals surface area contributed by atoms with E-state index >= 15 is 0 Å². The molecule has 2 N–H and O–H groups in total. The third-order valence-electron chi connectivity index (χ3n) is 2.46. The predicted octanol–water partition coefficient (Wildman–Crippen LogP) is 1.79. The van der Waals surface area contributed by atoms with Crippen LogP contribution in [0.15, 0.2) is 12.1 Å². The molecule has 0 radical (unpaired) electrons. The fraction of sp³-hybridized carbons (Fsp3) is 0.300. The fourth-order valence-corrected chi connectivity index (χ4v) is 1.87. The highest BCUT2D eigenvalue weighted by atomic mass is 16.3. The molecule has 0 amide bonds. The summed E-state index contributed by atoms with van der Waals surface area (Å²) in [6, 6.07) is 2.77. The third kappa shape index (κ3) is 1.00. The van der Waals surface area contributed by atoms with Gasteiger partial charge in [-0.1, -0.05) is 6.92 Å². The minimum absolute atomic E-state index is 0.00889. The number of hydrogen-bond donors (Lipinski definition) is 2. The first-order chi connectivity index (χ1) is 6.11. The van der Waals surface area contributed by atoms with E-state index in [4.69, 9.17) is 0 Å². The second-order valence-corrected chi connectivity index (χ2v) is 3.42. The Morgan fingerprint density at radius 1 is 1.31 bits per heavy atom. The monoisotopic (exact) mass is 178 g/mol. The fourth-order valence-electron chi connectivity index (χ4n) is 1.87. The molecule has 3 heteroatoms. The first-order valence-corrected chi connectivity index (χ1v) is 4.19. The minimum atomic E-state index is -0.0871. The van der Waals surface area contributed by atoms with Crippen LogP contribution in [0.5, 0.6) is 11.5 Å². The number of hydrogen-bond acceptors (Lipinski definition) is 3. The summed E-state index contributed by atoms with van der Waals surface area (Å²) in [6.45, 7) is 1.86. The molecule has 68 valence electrons. The zero-order chi connectivity index (χ0) is 9.59. The molecule has 1 aliphatic rings. The van der Waals surface area contributed by atoms with Crippen LogP contribution in [0.4, 0.5) is 0 Å². The van der Waals surface area contributed by atoms with Gasteiger partial charge >= 0.3 is 0 Å². The molecule has 2 rings (SSSR count). The molecule has 0 heterocycles. The molecule has 1 aromatic carbocycles. The summed E-state index contributed by atoms with van der Waals surface area (Å²) >= 11 is 0. The van der Waals surface area contributed by atoms with E-state index in [-0.39, 0.29) is 23.2 Å². The van der Waals surface area contributed by atoms with Crippen LogP contribution in [-0.4, -0.2) is 16.0 Å². The Morgan fingerprint density at radius 3 is 2.54 bits per heavy atom. The summed E-state index contributed by atoms with van der Waals surface area (Å²) in [5.41, 5.74) is 0.887. The lowest BCUT2D eigenvalue weighted by molar-refractivity contribution is 0.0988. The third-order valence-corrected chi connectivity index (χ3v) is 2.46. The highest BCUT2D eigenvalue weighted by Gasteiger charge is 2.31. The van der Waals surface area contributed by atoms with Gasteiger partial charge in [-0.3, -0.25) is 4.79 Å². The highest BCUT2D eigenvalue weighted by Crippen LogP contribution is 2.42. The maximum atomic E-state index is 11.4. The topological polar surface area (TPSA) is 57.5 Å². The minimum Gasteiger partial charge on any atom is -0.508 e. The summed E-state index contributed by atoms with van der Waals surface area (Å²) < 4.78 is 0. The number of fused-ring (bicyclic) bond motifs is 1. The molecule has 0 bridgehead atoms. The van der Waals surface area contributed by atoms with Crippen molar-refractivity contribution in [2.24, 2.45) is 0 Å². The standard InChI is InChI=1S/C10H10O3/c1-5-4-8(13)10-7(12)3-2-6(11)9(5)10/h2-3,5,11-12H,4H2,1H3/t5-/m1/s1. The Morgan fingerprint density at radius 2 is 1.92 bits per heavy atom. The predicted molar refractivity (Wildman–Crippen MR) is 47.1 cm³/mol. The van der Waals surface area contributed by atoms with Crippen LogP contribution < -0.4 is 0 Å². The first-order valence-electron chi connectivity index (χ1n) is 4.19. The molecule has 0 unspecified atom stereocenters. The van der Waals surface area contributed by atoms with Gasteiger partial charge < -0.3 is 10.2 Å². The van der Waals surface area contributed by atoms with Crippen molar-refractivity contribution in [2.45, 2.75) is 19.3 Å². The van der Waals surface area contributed by atoms with E-state index < -0.39 is 0 Å². The lowest BCUT2D eigenvalue weighted by atomic mass is 10.0. The van der Waals surface area contributed by atoms with Crippen LogP contribution in [0.2, 0.25) is 0 Å². The Labute approximate surface area is 75.6 Å². The molecule has 1 aliphatic carbocycles. The van der Waals surface area contributed by atoms with Gasteiger partial charge in [-0.15, -0.1) is 0 Å². The smallest absolute Gasteiger partial charge is 0.167 e. The zero-order valence-electron chi connectivity index (χ0n) is 7.24. The Kier molecular flexibility index (Phi) is 1.55. The molecule has 1 atom stereocenters. The van der Waals surface area contributed by atoms with Gasteiger partial charge in [0.1, 0.15) is 11.5 Å². The van der Waals surface area contributed by atoms with Crippen molar-refractivity contribution < 1.29 is 15.0 Å². The van der Waals surface area contributed by atoms with Gasteiger partial charge in [-0.25, -0.2) is 0 Å². The number of benzene rings is 1. The number of Topliss-reactive ketones (excluding diaryl/α,β-unsaturated/α-hetero) is 1. The van der Waals surface area contributed by atoms with Crippen LogP contribution in [0.1, 0.15) is 35.2 Å². The van der Waals surface area contributed by atoms with Crippen molar-refractivity contribution in [3.8, 4) is 11.5 Å². The quantitative estimate of drug-likeness (QED) is 0.595. The average molecular weight is 178 g/mol. The first kappa shape index (κ1) is 8.10. The van der Waals surface area contributed by atoms with Gasteiger partial charge in [0.2, 0.25) is 0 Å². The second kappa shape index (κ2) is 2.49. The Hall–Kier alpha value is -1.51.